The highest BCUT2D eigenvalue weighted by Crippen LogP contribution is 2.25. The van der Waals surface area contributed by atoms with Gasteiger partial charge >= 0.3 is 0 Å². The van der Waals surface area contributed by atoms with E-state index in [1.54, 1.807) is 25.6 Å². The summed E-state index contributed by atoms with van der Waals surface area (Å²) >= 11 is 1.64. The number of carbonyl (C=O) groups is 1. The van der Waals surface area contributed by atoms with Crippen LogP contribution in [0.25, 0.3) is 0 Å². The molecule has 5 heteroatoms. The van der Waals surface area contributed by atoms with E-state index in [4.69, 9.17) is 9.47 Å². The van der Waals surface area contributed by atoms with Gasteiger partial charge in [-0.1, -0.05) is 18.2 Å². The molecular formula is C20H25NO3S. The molecule has 0 bridgehead atoms. The van der Waals surface area contributed by atoms with Gasteiger partial charge < -0.3 is 14.4 Å². The smallest absolute Gasteiger partial charge is 0.227 e. The first-order valence-electron chi connectivity index (χ1n) is 8.65. The predicted octanol–water partition coefficient (Wildman–Crippen LogP) is 3.41. The highest BCUT2D eigenvalue weighted by atomic mass is 32.1. The first-order valence-corrected chi connectivity index (χ1v) is 9.53. The van der Waals surface area contributed by atoms with Crippen molar-refractivity contribution in [3.8, 4) is 5.75 Å². The molecule has 1 aliphatic rings. The van der Waals surface area contributed by atoms with Crippen molar-refractivity contribution in [1.29, 1.82) is 0 Å². The quantitative estimate of drug-likeness (QED) is 0.793. The van der Waals surface area contributed by atoms with Gasteiger partial charge in [-0.25, -0.2) is 0 Å². The van der Waals surface area contributed by atoms with Crippen LogP contribution in [0.3, 0.4) is 0 Å². The molecule has 0 radical (unpaired) electrons. The second-order valence-corrected chi connectivity index (χ2v) is 7.50. The Kier molecular flexibility index (Phi) is 6.10. The number of methoxy groups -OCH3 is 2. The lowest BCUT2D eigenvalue weighted by Crippen LogP contribution is -2.47. The Bertz CT molecular complexity index is 669. The minimum atomic E-state index is 0.202. The third-order valence-electron chi connectivity index (χ3n) is 4.88. The number of hydrogen-bond donors (Lipinski definition) is 0. The predicted molar refractivity (Wildman–Crippen MR) is 100 cm³/mol. The van der Waals surface area contributed by atoms with Crippen LogP contribution < -0.4 is 4.74 Å². The summed E-state index contributed by atoms with van der Waals surface area (Å²) in [5.41, 5.74) is 1.25. The second kappa shape index (κ2) is 8.50. The van der Waals surface area contributed by atoms with Crippen molar-refractivity contribution in [2.24, 2.45) is 5.92 Å². The maximum absolute atomic E-state index is 12.6. The molecule has 1 aliphatic heterocycles. The molecule has 1 aromatic heterocycles. The van der Waals surface area contributed by atoms with Crippen LogP contribution in [0.2, 0.25) is 0 Å². The molecule has 0 N–H and O–H groups in total. The van der Waals surface area contributed by atoms with Crippen LogP contribution in [0.1, 0.15) is 16.9 Å². The standard InChI is InChI=1S/C20H25NO3S/c1-23-17-7-5-15(6-8-17)12-16-14-21(10-9-19(16)24-2)20(22)13-18-4-3-11-25-18/h3-8,11,16,19H,9-10,12-14H2,1-2H3/t16-,19-/m1/s1. The number of likely N-dealkylation sites (tertiary alicyclic amines) is 1. The Morgan fingerprint density at radius 1 is 1.24 bits per heavy atom. The van der Waals surface area contributed by atoms with Crippen LogP contribution in [0, 0.1) is 5.92 Å². The van der Waals surface area contributed by atoms with Crippen molar-refractivity contribution in [3.63, 3.8) is 0 Å². The second-order valence-electron chi connectivity index (χ2n) is 6.47. The number of hydrogen-bond acceptors (Lipinski definition) is 4. The van der Waals surface area contributed by atoms with Crippen LogP contribution in [0.5, 0.6) is 5.75 Å². The lowest BCUT2D eigenvalue weighted by atomic mass is 9.88. The summed E-state index contributed by atoms with van der Waals surface area (Å²) in [6, 6.07) is 12.2. The molecule has 2 heterocycles. The van der Waals surface area contributed by atoms with E-state index >= 15 is 0 Å². The van der Waals surface area contributed by atoms with E-state index in [9.17, 15) is 4.79 Å². The Hall–Kier alpha value is -1.85. The van der Waals surface area contributed by atoms with E-state index in [0.29, 0.717) is 12.3 Å². The first kappa shape index (κ1) is 18.0. The lowest BCUT2D eigenvalue weighted by molar-refractivity contribution is -0.134. The highest BCUT2D eigenvalue weighted by Gasteiger charge is 2.31. The van der Waals surface area contributed by atoms with Gasteiger partial charge in [0.05, 0.1) is 19.6 Å². The maximum Gasteiger partial charge on any atom is 0.227 e. The van der Waals surface area contributed by atoms with E-state index < -0.39 is 0 Å². The van der Waals surface area contributed by atoms with E-state index in [-0.39, 0.29) is 12.0 Å². The highest BCUT2D eigenvalue weighted by molar-refractivity contribution is 7.10. The molecule has 134 valence electrons. The number of nitrogens with zero attached hydrogens (tertiary/aromatic N) is 1. The van der Waals surface area contributed by atoms with Gasteiger partial charge in [0.25, 0.3) is 0 Å². The summed E-state index contributed by atoms with van der Waals surface area (Å²) in [7, 11) is 3.45. The van der Waals surface area contributed by atoms with Crippen LogP contribution in [0.15, 0.2) is 41.8 Å². The zero-order chi connectivity index (χ0) is 17.6. The van der Waals surface area contributed by atoms with Gasteiger partial charge in [0, 0.05) is 31.0 Å². The first-order chi connectivity index (χ1) is 12.2. The molecule has 2 atom stereocenters. The Morgan fingerprint density at radius 2 is 2.04 bits per heavy atom. The van der Waals surface area contributed by atoms with Gasteiger partial charge in [-0.2, -0.15) is 0 Å². The molecule has 25 heavy (non-hydrogen) atoms. The van der Waals surface area contributed by atoms with E-state index in [1.165, 1.54) is 5.56 Å². The monoisotopic (exact) mass is 359 g/mol. The summed E-state index contributed by atoms with van der Waals surface area (Å²) in [5, 5.41) is 2.02. The molecule has 1 aromatic carbocycles. The number of piperidine rings is 1. The van der Waals surface area contributed by atoms with E-state index in [2.05, 4.69) is 12.1 Å². The van der Waals surface area contributed by atoms with Gasteiger partial charge in [0.2, 0.25) is 5.91 Å². The van der Waals surface area contributed by atoms with Crippen molar-refractivity contribution in [1.82, 2.24) is 4.90 Å². The zero-order valence-electron chi connectivity index (χ0n) is 14.8. The van der Waals surface area contributed by atoms with Gasteiger partial charge in [-0.3, -0.25) is 4.79 Å². The molecular weight excluding hydrogens is 334 g/mol. The van der Waals surface area contributed by atoms with Crippen molar-refractivity contribution in [3.05, 3.63) is 52.2 Å². The largest absolute Gasteiger partial charge is 0.497 e. The normalized spacial score (nSPS) is 20.5. The summed E-state index contributed by atoms with van der Waals surface area (Å²) in [5.74, 6) is 1.40. The fourth-order valence-electron chi connectivity index (χ4n) is 3.48. The number of thiophene rings is 1. The van der Waals surface area contributed by atoms with Crippen molar-refractivity contribution < 1.29 is 14.3 Å². The van der Waals surface area contributed by atoms with Crippen molar-refractivity contribution in [2.75, 3.05) is 27.3 Å². The summed E-state index contributed by atoms with van der Waals surface area (Å²) in [6.07, 6.45) is 2.51. The summed E-state index contributed by atoms with van der Waals surface area (Å²) in [4.78, 5) is 15.8. The zero-order valence-corrected chi connectivity index (χ0v) is 15.6. The van der Waals surface area contributed by atoms with Gasteiger partial charge in [0.15, 0.2) is 0 Å². The molecule has 1 amide bonds. The van der Waals surface area contributed by atoms with Crippen LogP contribution in [-0.2, 0) is 22.4 Å². The number of rotatable bonds is 6. The fourth-order valence-corrected chi connectivity index (χ4v) is 4.18. The molecule has 3 rings (SSSR count). The number of carbonyl (C=O) groups excluding carboxylic acids is 1. The Balaban J connectivity index is 1.64. The van der Waals surface area contributed by atoms with E-state index in [1.807, 2.05) is 34.5 Å². The third-order valence-corrected chi connectivity index (χ3v) is 5.76. The molecule has 2 aromatic rings. The fraction of sp³-hybridized carbons (Fsp3) is 0.450. The summed E-state index contributed by atoms with van der Waals surface area (Å²) in [6.45, 7) is 1.54. The van der Waals surface area contributed by atoms with Crippen LogP contribution in [-0.4, -0.2) is 44.2 Å². The molecule has 0 unspecified atom stereocenters. The van der Waals surface area contributed by atoms with Crippen molar-refractivity contribution in [2.45, 2.75) is 25.4 Å². The van der Waals surface area contributed by atoms with E-state index in [0.717, 1.165) is 36.6 Å². The molecule has 0 aliphatic carbocycles. The topological polar surface area (TPSA) is 38.8 Å². The molecule has 1 saturated heterocycles. The number of benzene rings is 1. The van der Waals surface area contributed by atoms with Gasteiger partial charge in [0.1, 0.15) is 5.75 Å². The summed E-state index contributed by atoms with van der Waals surface area (Å²) < 4.78 is 10.9. The van der Waals surface area contributed by atoms with Gasteiger partial charge in [-0.15, -0.1) is 11.3 Å². The van der Waals surface area contributed by atoms with Crippen LogP contribution >= 0.6 is 11.3 Å². The molecule has 4 nitrogen and oxygen atoms in total. The minimum Gasteiger partial charge on any atom is -0.497 e. The molecule has 1 fully saturated rings. The molecule has 0 spiro atoms. The van der Waals surface area contributed by atoms with Crippen LogP contribution in [0.4, 0.5) is 0 Å². The van der Waals surface area contributed by atoms with Gasteiger partial charge in [-0.05, 0) is 42.0 Å². The molecule has 0 saturated carbocycles. The minimum absolute atomic E-state index is 0.202. The maximum atomic E-state index is 12.6. The lowest BCUT2D eigenvalue weighted by Gasteiger charge is -2.38. The Morgan fingerprint density at radius 3 is 2.68 bits per heavy atom. The van der Waals surface area contributed by atoms with Crippen molar-refractivity contribution >= 4 is 17.2 Å². The number of ether oxygens (including phenoxy) is 2. The Labute approximate surface area is 153 Å². The third kappa shape index (κ3) is 4.61. The average Bonchev–Trinajstić information content (AvgIpc) is 3.15. The number of amides is 1. The average molecular weight is 359 g/mol. The SMILES string of the molecule is COc1ccc(C[C@@H]2CN(C(=O)Cc3cccs3)CC[C@H]2OC)cc1.